The number of hydrogen-bond acceptors (Lipinski definition) is 5. The lowest BCUT2D eigenvalue weighted by Crippen LogP contribution is -2.22. The number of rotatable bonds is 6. The second-order valence-electron chi connectivity index (χ2n) is 3.50. The molecule has 0 aliphatic heterocycles. The molecule has 0 unspecified atom stereocenters. The molecule has 7 heteroatoms. The molecule has 0 saturated carbocycles. The Morgan fingerprint density at radius 2 is 2.39 bits per heavy atom. The van der Waals surface area contributed by atoms with Gasteiger partial charge in [-0.2, -0.15) is 0 Å². The van der Waals surface area contributed by atoms with E-state index in [-0.39, 0.29) is 5.69 Å². The zero-order valence-corrected chi connectivity index (χ0v) is 11.4. The standard InChI is InChI=1S/C11H18N4O2S/c1-3-5-6-13-10(12)15-11-14-8(7-18-11)9(16)17-4-2/h7H,3-6H2,1-2H3,(H3,12,13,14,15). The first-order chi connectivity index (χ1) is 8.67. The lowest BCUT2D eigenvalue weighted by Gasteiger charge is -2.01. The molecule has 1 aromatic rings. The number of thiazole rings is 1. The highest BCUT2D eigenvalue weighted by atomic mass is 32.1. The molecule has 0 fully saturated rings. The number of hydrogen-bond donors (Lipinski definition) is 2. The van der Waals surface area contributed by atoms with Gasteiger partial charge in [0.15, 0.2) is 16.8 Å². The minimum Gasteiger partial charge on any atom is -0.461 e. The number of carbonyl (C=O) groups excluding carboxylic acids is 1. The number of guanidine groups is 1. The van der Waals surface area contributed by atoms with E-state index in [9.17, 15) is 4.79 Å². The van der Waals surface area contributed by atoms with E-state index in [1.807, 2.05) is 0 Å². The van der Waals surface area contributed by atoms with Gasteiger partial charge >= 0.3 is 5.97 Å². The van der Waals surface area contributed by atoms with E-state index in [2.05, 4.69) is 22.2 Å². The van der Waals surface area contributed by atoms with Crippen molar-refractivity contribution >= 4 is 28.4 Å². The summed E-state index contributed by atoms with van der Waals surface area (Å²) in [6.45, 7) is 4.86. The molecule has 0 saturated heterocycles. The van der Waals surface area contributed by atoms with Crippen LogP contribution in [0.4, 0.5) is 5.13 Å². The number of nitrogens with zero attached hydrogens (tertiary/aromatic N) is 2. The highest BCUT2D eigenvalue weighted by molar-refractivity contribution is 7.14. The quantitative estimate of drug-likeness (QED) is 0.356. The normalized spacial score (nSPS) is 11.3. The van der Waals surface area contributed by atoms with Crippen molar-refractivity contribution in [3.05, 3.63) is 11.1 Å². The van der Waals surface area contributed by atoms with Crippen LogP contribution in [0.1, 0.15) is 37.2 Å². The van der Waals surface area contributed by atoms with Crippen LogP contribution in [0.5, 0.6) is 0 Å². The van der Waals surface area contributed by atoms with Crippen LogP contribution in [0, 0.1) is 0 Å². The largest absolute Gasteiger partial charge is 0.461 e. The molecule has 1 aromatic heterocycles. The van der Waals surface area contributed by atoms with Gasteiger partial charge in [-0.15, -0.1) is 11.3 Å². The van der Waals surface area contributed by atoms with E-state index in [0.717, 1.165) is 12.8 Å². The number of ether oxygens (including phenoxy) is 1. The van der Waals surface area contributed by atoms with E-state index < -0.39 is 5.97 Å². The molecule has 18 heavy (non-hydrogen) atoms. The van der Waals surface area contributed by atoms with Crippen LogP contribution in [0.15, 0.2) is 10.4 Å². The Hall–Kier alpha value is -1.63. The molecule has 0 atom stereocenters. The van der Waals surface area contributed by atoms with Crippen LogP contribution in [0.2, 0.25) is 0 Å². The molecule has 0 aliphatic carbocycles. The maximum Gasteiger partial charge on any atom is 0.357 e. The summed E-state index contributed by atoms with van der Waals surface area (Å²) < 4.78 is 4.84. The first-order valence-electron chi connectivity index (χ1n) is 5.87. The fourth-order valence-corrected chi connectivity index (χ4v) is 1.82. The summed E-state index contributed by atoms with van der Waals surface area (Å²) in [5.41, 5.74) is 5.96. The van der Waals surface area contributed by atoms with Crippen molar-refractivity contribution in [2.45, 2.75) is 26.7 Å². The maximum absolute atomic E-state index is 11.4. The zero-order chi connectivity index (χ0) is 13.4. The number of nitrogens with one attached hydrogen (secondary N) is 1. The summed E-state index contributed by atoms with van der Waals surface area (Å²) in [5.74, 6) is -0.114. The zero-order valence-electron chi connectivity index (χ0n) is 10.6. The molecular weight excluding hydrogens is 252 g/mol. The van der Waals surface area contributed by atoms with E-state index in [1.54, 1.807) is 12.3 Å². The van der Waals surface area contributed by atoms with Gasteiger partial charge in [-0.3, -0.25) is 4.99 Å². The average Bonchev–Trinajstić information content (AvgIpc) is 2.78. The fraction of sp³-hybridized carbons (Fsp3) is 0.545. The Kier molecular flexibility index (Phi) is 6.13. The smallest absolute Gasteiger partial charge is 0.357 e. The number of aromatic nitrogens is 1. The molecule has 6 nitrogen and oxygen atoms in total. The number of esters is 1. The van der Waals surface area contributed by atoms with Crippen LogP contribution in [0.25, 0.3) is 0 Å². The van der Waals surface area contributed by atoms with Gasteiger partial charge in [0.25, 0.3) is 0 Å². The van der Waals surface area contributed by atoms with Gasteiger partial charge in [0, 0.05) is 11.9 Å². The number of aliphatic imine (C=N–C) groups is 1. The number of unbranched alkanes of at least 4 members (excludes halogenated alkanes) is 1. The molecule has 100 valence electrons. The van der Waals surface area contributed by atoms with Crippen molar-refractivity contribution < 1.29 is 9.53 Å². The topological polar surface area (TPSA) is 89.6 Å². The molecule has 0 amide bonds. The van der Waals surface area contributed by atoms with Gasteiger partial charge in [0.2, 0.25) is 0 Å². The molecule has 1 rings (SSSR count). The first-order valence-corrected chi connectivity index (χ1v) is 6.75. The number of anilines is 1. The average molecular weight is 270 g/mol. The second kappa shape index (κ2) is 7.65. The SMILES string of the molecule is CCCCN=C(N)Nc1nc(C(=O)OCC)cs1. The van der Waals surface area contributed by atoms with Crippen molar-refractivity contribution in [1.29, 1.82) is 0 Å². The lowest BCUT2D eigenvalue weighted by molar-refractivity contribution is 0.0520. The Bertz CT molecular complexity index is 417. The summed E-state index contributed by atoms with van der Waals surface area (Å²) in [6, 6.07) is 0. The summed E-state index contributed by atoms with van der Waals surface area (Å²) in [5, 5.41) is 5.01. The molecule has 0 aromatic carbocycles. The highest BCUT2D eigenvalue weighted by Gasteiger charge is 2.11. The van der Waals surface area contributed by atoms with Crippen molar-refractivity contribution in [2.24, 2.45) is 10.7 Å². The predicted molar refractivity (Wildman–Crippen MR) is 73.1 cm³/mol. The van der Waals surface area contributed by atoms with E-state index in [4.69, 9.17) is 10.5 Å². The van der Waals surface area contributed by atoms with Gasteiger partial charge in [-0.25, -0.2) is 9.78 Å². The Morgan fingerprint density at radius 1 is 1.61 bits per heavy atom. The summed E-state index contributed by atoms with van der Waals surface area (Å²) in [7, 11) is 0. The molecular formula is C11H18N4O2S. The molecule has 0 bridgehead atoms. The summed E-state index contributed by atoms with van der Waals surface area (Å²) in [6.07, 6.45) is 2.06. The Labute approximate surface area is 110 Å². The highest BCUT2D eigenvalue weighted by Crippen LogP contribution is 2.15. The monoisotopic (exact) mass is 270 g/mol. The molecule has 0 spiro atoms. The minimum atomic E-state index is -0.428. The predicted octanol–water partition coefficient (Wildman–Crippen LogP) is 1.85. The number of carbonyl (C=O) groups is 1. The maximum atomic E-state index is 11.4. The van der Waals surface area contributed by atoms with Gasteiger partial charge in [0.1, 0.15) is 0 Å². The van der Waals surface area contributed by atoms with E-state index in [1.165, 1.54) is 11.3 Å². The van der Waals surface area contributed by atoms with Crippen molar-refractivity contribution in [3.63, 3.8) is 0 Å². The fourth-order valence-electron chi connectivity index (χ4n) is 1.14. The van der Waals surface area contributed by atoms with Crippen molar-refractivity contribution in [1.82, 2.24) is 4.98 Å². The van der Waals surface area contributed by atoms with Crippen LogP contribution in [0.3, 0.4) is 0 Å². The third-order valence-corrected chi connectivity index (χ3v) is 2.78. The first kappa shape index (κ1) is 14.4. The molecule has 0 radical (unpaired) electrons. The molecule has 0 aliphatic rings. The van der Waals surface area contributed by atoms with Crippen molar-refractivity contribution in [2.75, 3.05) is 18.5 Å². The van der Waals surface area contributed by atoms with Gasteiger partial charge in [0.05, 0.1) is 6.61 Å². The Balaban J connectivity index is 2.53. The van der Waals surface area contributed by atoms with Gasteiger partial charge in [-0.1, -0.05) is 13.3 Å². The summed E-state index contributed by atoms with van der Waals surface area (Å²) >= 11 is 1.29. The van der Waals surface area contributed by atoms with E-state index >= 15 is 0 Å². The Morgan fingerprint density at radius 3 is 3.06 bits per heavy atom. The van der Waals surface area contributed by atoms with Crippen LogP contribution in [-0.4, -0.2) is 30.1 Å². The molecule has 1 heterocycles. The third-order valence-electron chi connectivity index (χ3n) is 2.02. The van der Waals surface area contributed by atoms with Gasteiger partial charge < -0.3 is 15.8 Å². The van der Waals surface area contributed by atoms with Crippen LogP contribution < -0.4 is 11.1 Å². The lowest BCUT2D eigenvalue weighted by atomic mass is 10.3. The van der Waals surface area contributed by atoms with Gasteiger partial charge in [-0.05, 0) is 13.3 Å². The van der Waals surface area contributed by atoms with Crippen LogP contribution in [-0.2, 0) is 4.74 Å². The minimum absolute atomic E-state index is 0.283. The summed E-state index contributed by atoms with van der Waals surface area (Å²) in [4.78, 5) is 19.6. The molecule has 3 N–H and O–H groups in total. The van der Waals surface area contributed by atoms with Crippen LogP contribution >= 0.6 is 11.3 Å². The second-order valence-corrected chi connectivity index (χ2v) is 4.36. The van der Waals surface area contributed by atoms with Crippen molar-refractivity contribution in [3.8, 4) is 0 Å². The number of nitrogens with two attached hydrogens (primary N) is 1. The van der Waals surface area contributed by atoms with E-state index in [0.29, 0.717) is 24.2 Å². The third kappa shape index (κ3) is 4.70.